The van der Waals surface area contributed by atoms with Crippen LogP contribution in [0.15, 0.2) is 91.0 Å². The predicted octanol–water partition coefficient (Wildman–Crippen LogP) is 2.22. The van der Waals surface area contributed by atoms with Crippen LogP contribution in [0.2, 0.25) is 0 Å². The van der Waals surface area contributed by atoms with Crippen molar-refractivity contribution in [2.75, 3.05) is 6.61 Å². The van der Waals surface area contributed by atoms with E-state index in [1.54, 1.807) is 0 Å². The van der Waals surface area contributed by atoms with Gasteiger partial charge in [-0.05, 0) is 56.4 Å². The number of carbonyl (C=O) groups is 1. The summed E-state index contributed by atoms with van der Waals surface area (Å²) in [6.45, 7) is 4.40. The lowest BCUT2D eigenvalue weighted by atomic mass is 9.80. The Labute approximate surface area is 236 Å². The second-order valence-electron chi connectivity index (χ2n) is 9.69. The molecule has 3 aromatic carbocycles. The number of pyridine rings is 1. The van der Waals surface area contributed by atoms with Crippen LogP contribution in [0.25, 0.3) is 28.1 Å². The Morgan fingerprint density at radius 2 is 1.48 bits per heavy atom. The van der Waals surface area contributed by atoms with Crippen LogP contribution < -0.4 is 23.2 Å². The molecule has 0 spiro atoms. The molecule has 0 fully saturated rings. The Morgan fingerprint density at radius 1 is 0.900 bits per heavy atom. The molecular weight excluding hydrogens is 530 g/mol. The average molecular weight is 562 g/mol. The van der Waals surface area contributed by atoms with Gasteiger partial charge < -0.3 is 4.74 Å². The fraction of sp³-hybridized carbons (Fsp3) is 0.250. The predicted molar refractivity (Wildman–Crippen MR) is 141 cm³/mol. The number of hydrogen-bond donors (Lipinski definition) is 0. The van der Waals surface area contributed by atoms with Gasteiger partial charge in [-0.25, -0.2) is 18.6 Å². The van der Waals surface area contributed by atoms with Crippen molar-refractivity contribution < 1.29 is 43.0 Å². The molecule has 0 saturated carbocycles. The first-order valence-electron chi connectivity index (χ1n) is 13.2. The molecule has 0 aliphatic heterocycles. The molecule has 1 aliphatic rings. The van der Waals surface area contributed by atoms with E-state index in [-0.39, 0.29) is 11.9 Å². The van der Waals surface area contributed by atoms with Gasteiger partial charge in [-0.1, -0.05) is 66.2 Å². The summed E-state index contributed by atoms with van der Waals surface area (Å²) in [4.78, 5) is 12.7. The minimum absolute atomic E-state index is 0.102. The molecule has 40 heavy (non-hydrogen) atoms. The summed E-state index contributed by atoms with van der Waals surface area (Å²) in [7, 11) is -4.94. The molecule has 1 heterocycles. The second kappa shape index (κ2) is 13.2. The maximum Gasteiger partial charge on any atom is 0.306 e. The molecular formula is C32H32ClNO6. The van der Waals surface area contributed by atoms with Gasteiger partial charge in [0, 0.05) is 29.3 Å². The van der Waals surface area contributed by atoms with Crippen LogP contribution in [-0.4, -0.2) is 12.6 Å². The van der Waals surface area contributed by atoms with Crippen molar-refractivity contribution in [1.82, 2.24) is 0 Å². The number of carbonyl (C=O) groups excluding carboxylic acids is 1. The third-order valence-corrected chi connectivity index (χ3v) is 6.93. The molecule has 8 heteroatoms. The number of aryl methyl sites for hydroxylation is 1. The number of nitrogens with zero attached hydrogens (tertiary/aromatic N) is 1. The number of rotatable bonds is 6. The smallest absolute Gasteiger partial charge is 0.306 e. The summed E-state index contributed by atoms with van der Waals surface area (Å²) >= 11 is 0. The molecule has 1 unspecified atom stereocenters. The minimum atomic E-state index is -4.94. The van der Waals surface area contributed by atoms with Crippen molar-refractivity contribution in [1.29, 1.82) is 0 Å². The molecule has 1 aliphatic carbocycles. The highest BCUT2D eigenvalue weighted by Gasteiger charge is 2.37. The highest BCUT2D eigenvalue weighted by molar-refractivity contribution is 5.75. The first-order valence-corrected chi connectivity index (χ1v) is 14.5. The summed E-state index contributed by atoms with van der Waals surface area (Å²) in [5, 5.41) is 0. The Morgan fingerprint density at radius 3 is 2.05 bits per heavy atom. The quantitative estimate of drug-likeness (QED) is 0.263. The SMILES string of the molecule is CCOC(=O)CC1CCCc2c(-c3ccccc3)cc(-c3ccccc3)[n+](-c3ccc(C)cc3)c21.[O-][Cl+3]([O-])([O-])[O-]. The summed E-state index contributed by atoms with van der Waals surface area (Å²) in [5.74, 6) is -0.0163. The molecule has 4 aromatic rings. The molecule has 0 radical (unpaired) electrons. The van der Waals surface area contributed by atoms with Gasteiger partial charge in [0.25, 0.3) is 0 Å². The molecule has 5 rings (SSSR count). The third kappa shape index (κ3) is 7.53. The van der Waals surface area contributed by atoms with Crippen molar-refractivity contribution in [3.63, 3.8) is 0 Å². The van der Waals surface area contributed by atoms with E-state index in [1.807, 2.05) is 6.92 Å². The third-order valence-electron chi connectivity index (χ3n) is 6.93. The zero-order valence-corrected chi connectivity index (χ0v) is 23.3. The average Bonchev–Trinajstić information content (AvgIpc) is 2.93. The van der Waals surface area contributed by atoms with E-state index in [4.69, 9.17) is 23.4 Å². The van der Waals surface area contributed by atoms with E-state index in [9.17, 15) is 4.79 Å². The normalized spacial score (nSPS) is 14.5. The van der Waals surface area contributed by atoms with E-state index in [0.29, 0.717) is 13.0 Å². The van der Waals surface area contributed by atoms with Crippen LogP contribution in [0, 0.1) is 17.2 Å². The molecule has 0 saturated heterocycles. The first-order chi connectivity index (χ1) is 19.2. The fourth-order valence-electron chi connectivity index (χ4n) is 5.33. The van der Waals surface area contributed by atoms with E-state index < -0.39 is 10.2 Å². The van der Waals surface area contributed by atoms with Crippen molar-refractivity contribution in [2.24, 2.45) is 0 Å². The lowest BCUT2D eigenvalue weighted by molar-refractivity contribution is -2.00. The van der Waals surface area contributed by atoms with E-state index in [2.05, 4.69) is 102 Å². The standard InChI is InChI=1S/C32H32NO2.ClHO4/c1-3-35-31(34)21-26-15-10-16-28-29(24-11-6-4-7-12-24)22-30(25-13-8-5-9-14-25)33(32(26)28)27-19-17-23(2)18-20-27;2-1(3,4)5/h4-9,11-14,17-20,22,26H,3,10,15-16,21H2,1-2H3;(H,2,3,4,5)/q+1;/p-1. The maximum atomic E-state index is 12.7. The summed E-state index contributed by atoms with van der Waals surface area (Å²) in [6.07, 6.45) is 3.44. The Balaban J connectivity index is 0.000000681. The van der Waals surface area contributed by atoms with E-state index >= 15 is 0 Å². The Bertz CT molecular complexity index is 1410. The lowest BCUT2D eigenvalue weighted by Crippen LogP contribution is -2.68. The zero-order chi connectivity index (χ0) is 28.7. The van der Waals surface area contributed by atoms with Crippen LogP contribution >= 0.6 is 0 Å². The monoisotopic (exact) mass is 561 g/mol. The first kappa shape index (κ1) is 29.4. The lowest BCUT2D eigenvalue weighted by Gasteiger charge is -2.26. The molecule has 0 amide bonds. The van der Waals surface area contributed by atoms with Crippen LogP contribution in [-0.2, 0) is 16.0 Å². The number of fused-ring (bicyclic) bond motifs is 1. The van der Waals surface area contributed by atoms with Crippen LogP contribution in [0.1, 0.15) is 48.9 Å². The maximum absolute atomic E-state index is 12.7. The van der Waals surface area contributed by atoms with E-state index in [1.165, 1.54) is 27.9 Å². The Hall–Kier alpha value is -3.59. The number of hydrogen-bond acceptors (Lipinski definition) is 6. The topological polar surface area (TPSA) is 122 Å². The van der Waals surface area contributed by atoms with Gasteiger partial charge >= 0.3 is 5.97 Å². The fourth-order valence-corrected chi connectivity index (χ4v) is 5.33. The summed E-state index contributed by atoms with van der Waals surface area (Å²) in [6, 6.07) is 32.3. The van der Waals surface area contributed by atoms with E-state index in [0.717, 1.165) is 36.2 Å². The van der Waals surface area contributed by atoms with Crippen molar-refractivity contribution in [2.45, 2.75) is 45.4 Å². The largest absolute Gasteiger partial charge is 0.466 e. The number of esters is 1. The highest BCUT2D eigenvalue weighted by atomic mass is 35.7. The summed E-state index contributed by atoms with van der Waals surface area (Å²) in [5.41, 5.74) is 9.72. The van der Waals surface area contributed by atoms with Crippen molar-refractivity contribution in [3.8, 4) is 28.1 Å². The Kier molecular flexibility index (Phi) is 9.68. The summed E-state index contributed by atoms with van der Waals surface area (Å²) < 4.78 is 41.8. The van der Waals surface area contributed by atoms with Gasteiger partial charge in [0.05, 0.1) is 18.9 Å². The molecule has 0 bridgehead atoms. The zero-order valence-electron chi connectivity index (χ0n) is 22.5. The van der Waals surface area contributed by atoms with Crippen LogP contribution in [0.4, 0.5) is 0 Å². The van der Waals surface area contributed by atoms with Crippen LogP contribution in [0.3, 0.4) is 0 Å². The van der Waals surface area contributed by atoms with Crippen molar-refractivity contribution >= 4 is 5.97 Å². The van der Waals surface area contributed by atoms with Gasteiger partial charge in [0.2, 0.25) is 11.4 Å². The van der Waals surface area contributed by atoms with Crippen molar-refractivity contribution in [3.05, 3.63) is 108 Å². The molecule has 1 atom stereocenters. The number of ether oxygens (including phenoxy) is 1. The van der Waals surface area contributed by atoms with Gasteiger partial charge in [-0.3, -0.25) is 4.79 Å². The second-order valence-corrected chi connectivity index (χ2v) is 10.4. The van der Waals surface area contributed by atoms with Crippen LogP contribution in [0.5, 0.6) is 0 Å². The van der Waals surface area contributed by atoms with Gasteiger partial charge in [0.15, 0.2) is 5.69 Å². The molecule has 0 N–H and O–H groups in total. The molecule has 1 aromatic heterocycles. The van der Waals surface area contributed by atoms with Gasteiger partial charge in [-0.15, -0.1) is 10.2 Å². The minimum Gasteiger partial charge on any atom is -0.466 e. The molecule has 7 nitrogen and oxygen atoms in total. The number of halogens is 1. The van der Waals surface area contributed by atoms with Gasteiger partial charge in [0.1, 0.15) is 0 Å². The number of aromatic nitrogens is 1. The number of benzene rings is 3. The molecule has 208 valence electrons. The van der Waals surface area contributed by atoms with Gasteiger partial charge in [-0.2, -0.15) is 4.57 Å². The highest BCUT2D eigenvalue weighted by Crippen LogP contribution is 2.40.